The van der Waals surface area contributed by atoms with E-state index in [0.717, 1.165) is 7.14 Å². The zero-order chi connectivity index (χ0) is 22.5. The highest BCUT2D eigenvalue weighted by Gasteiger charge is 2.17. The normalized spacial score (nSPS) is 10.4. The molecule has 158 valence electrons. The van der Waals surface area contributed by atoms with Gasteiger partial charge in [0.1, 0.15) is 11.5 Å². The Hall–Kier alpha value is -2.72. The molecule has 0 N–H and O–H groups in total. The molecule has 0 saturated heterocycles. The number of carbonyl (C=O) groups is 2. The SMILES string of the molecule is O=C(Oc1ccccc1-c1ccccc1OC(=O)c1cccc(I)c1)c1cccc(I)c1. The number of carbonyl (C=O) groups excluding carboxylic acids is 2. The van der Waals surface area contributed by atoms with Gasteiger partial charge in [0.15, 0.2) is 0 Å². The summed E-state index contributed by atoms with van der Waals surface area (Å²) in [4.78, 5) is 25.4. The van der Waals surface area contributed by atoms with Gasteiger partial charge < -0.3 is 9.47 Å². The van der Waals surface area contributed by atoms with Gasteiger partial charge in [-0.1, -0.05) is 48.5 Å². The molecular formula is C26H16I2O4. The van der Waals surface area contributed by atoms with E-state index in [0.29, 0.717) is 33.8 Å². The summed E-state index contributed by atoms with van der Waals surface area (Å²) in [6, 6.07) is 28.8. The maximum atomic E-state index is 12.7. The van der Waals surface area contributed by atoms with Crippen molar-refractivity contribution in [1.82, 2.24) is 0 Å². The number of hydrogen-bond acceptors (Lipinski definition) is 4. The maximum Gasteiger partial charge on any atom is 0.343 e. The Bertz CT molecular complexity index is 1200. The van der Waals surface area contributed by atoms with Crippen molar-refractivity contribution in [2.45, 2.75) is 0 Å². The molecule has 4 nitrogen and oxygen atoms in total. The van der Waals surface area contributed by atoms with Crippen LogP contribution in [0.1, 0.15) is 20.7 Å². The van der Waals surface area contributed by atoms with Crippen LogP contribution in [-0.2, 0) is 0 Å². The molecular weight excluding hydrogens is 630 g/mol. The fourth-order valence-electron chi connectivity index (χ4n) is 3.10. The number of rotatable bonds is 5. The summed E-state index contributed by atoms with van der Waals surface area (Å²) in [6.07, 6.45) is 0. The third kappa shape index (κ3) is 5.36. The van der Waals surface area contributed by atoms with Crippen LogP contribution in [0.2, 0.25) is 0 Å². The Morgan fingerprint density at radius 2 is 0.938 bits per heavy atom. The van der Waals surface area contributed by atoms with Gasteiger partial charge in [0.25, 0.3) is 0 Å². The van der Waals surface area contributed by atoms with E-state index >= 15 is 0 Å². The number of halogens is 2. The van der Waals surface area contributed by atoms with Gasteiger partial charge in [-0.15, -0.1) is 0 Å². The molecule has 0 heterocycles. The highest BCUT2D eigenvalue weighted by atomic mass is 127. The lowest BCUT2D eigenvalue weighted by Crippen LogP contribution is -2.11. The molecule has 6 heteroatoms. The summed E-state index contributed by atoms with van der Waals surface area (Å²) in [6.45, 7) is 0. The average molecular weight is 646 g/mol. The molecule has 0 saturated carbocycles. The third-order valence-electron chi connectivity index (χ3n) is 4.59. The van der Waals surface area contributed by atoms with Crippen LogP contribution in [0.5, 0.6) is 11.5 Å². The van der Waals surface area contributed by atoms with Crippen LogP contribution in [0.15, 0.2) is 97.1 Å². The summed E-state index contributed by atoms with van der Waals surface area (Å²) in [7, 11) is 0. The van der Waals surface area contributed by atoms with E-state index in [1.165, 1.54) is 0 Å². The van der Waals surface area contributed by atoms with E-state index in [2.05, 4.69) is 45.2 Å². The Morgan fingerprint density at radius 1 is 0.531 bits per heavy atom. The van der Waals surface area contributed by atoms with Gasteiger partial charge >= 0.3 is 11.9 Å². The van der Waals surface area contributed by atoms with Gasteiger partial charge in [-0.05, 0) is 93.7 Å². The molecule has 4 rings (SSSR count). The Labute approximate surface area is 212 Å². The summed E-state index contributed by atoms with van der Waals surface area (Å²) in [5, 5.41) is 0. The van der Waals surface area contributed by atoms with Crippen molar-refractivity contribution in [3.05, 3.63) is 115 Å². The molecule has 0 spiro atoms. The van der Waals surface area contributed by atoms with Gasteiger partial charge in [0.2, 0.25) is 0 Å². The first-order valence-electron chi connectivity index (χ1n) is 9.65. The summed E-state index contributed by atoms with van der Waals surface area (Å²) < 4.78 is 13.3. The van der Waals surface area contributed by atoms with Crippen LogP contribution in [0.25, 0.3) is 11.1 Å². The van der Waals surface area contributed by atoms with Gasteiger partial charge in [-0.3, -0.25) is 0 Å². The molecule has 0 unspecified atom stereocenters. The highest BCUT2D eigenvalue weighted by molar-refractivity contribution is 14.1. The first-order valence-corrected chi connectivity index (χ1v) is 11.8. The van der Waals surface area contributed by atoms with Crippen molar-refractivity contribution >= 4 is 57.1 Å². The maximum absolute atomic E-state index is 12.7. The molecule has 0 aliphatic rings. The summed E-state index contributed by atoms with van der Waals surface area (Å²) in [5.41, 5.74) is 2.23. The summed E-state index contributed by atoms with van der Waals surface area (Å²) in [5.74, 6) is -0.142. The third-order valence-corrected chi connectivity index (χ3v) is 5.93. The molecule has 0 fully saturated rings. The molecule has 0 atom stereocenters. The minimum absolute atomic E-state index is 0.383. The zero-order valence-corrected chi connectivity index (χ0v) is 20.9. The molecule has 0 amide bonds. The number of esters is 2. The van der Waals surface area contributed by atoms with Crippen LogP contribution in [0.4, 0.5) is 0 Å². The average Bonchev–Trinajstić information content (AvgIpc) is 2.80. The minimum atomic E-state index is -0.454. The molecule has 0 aromatic heterocycles. The second-order valence-corrected chi connectivity index (χ2v) is 9.28. The standard InChI is InChI=1S/C26H16I2O4/c27-19-9-5-7-17(15-19)25(29)31-23-13-3-1-11-21(23)22-12-2-4-14-24(22)32-26(30)18-8-6-10-20(28)16-18/h1-16H. The van der Waals surface area contributed by atoms with Crippen LogP contribution in [0.3, 0.4) is 0 Å². The Morgan fingerprint density at radius 3 is 1.34 bits per heavy atom. The molecule has 0 aliphatic heterocycles. The predicted molar refractivity (Wildman–Crippen MR) is 140 cm³/mol. The number of benzene rings is 4. The quantitative estimate of drug-likeness (QED) is 0.133. The number of para-hydroxylation sites is 2. The Balaban J connectivity index is 1.65. The van der Waals surface area contributed by atoms with E-state index in [-0.39, 0.29) is 0 Å². The van der Waals surface area contributed by atoms with Gasteiger partial charge in [-0.2, -0.15) is 0 Å². The number of ether oxygens (including phenoxy) is 2. The van der Waals surface area contributed by atoms with Crippen molar-refractivity contribution < 1.29 is 19.1 Å². The Kier molecular flexibility index (Phi) is 7.21. The molecule has 32 heavy (non-hydrogen) atoms. The predicted octanol–water partition coefficient (Wildman–Crippen LogP) is 7.00. The lowest BCUT2D eigenvalue weighted by Gasteiger charge is -2.14. The zero-order valence-electron chi connectivity index (χ0n) is 16.6. The highest BCUT2D eigenvalue weighted by Crippen LogP contribution is 2.37. The van der Waals surface area contributed by atoms with Crippen molar-refractivity contribution in [3.63, 3.8) is 0 Å². The monoisotopic (exact) mass is 646 g/mol. The fraction of sp³-hybridized carbons (Fsp3) is 0. The van der Waals surface area contributed by atoms with Crippen LogP contribution >= 0.6 is 45.2 Å². The molecule has 0 radical (unpaired) electrons. The van der Waals surface area contributed by atoms with Crippen molar-refractivity contribution in [1.29, 1.82) is 0 Å². The van der Waals surface area contributed by atoms with Crippen molar-refractivity contribution in [2.75, 3.05) is 0 Å². The van der Waals surface area contributed by atoms with Crippen LogP contribution in [-0.4, -0.2) is 11.9 Å². The fourth-order valence-corrected chi connectivity index (χ4v) is 4.19. The largest absolute Gasteiger partial charge is 0.422 e. The molecule has 0 bridgehead atoms. The number of hydrogen-bond donors (Lipinski definition) is 0. The van der Waals surface area contributed by atoms with Crippen molar-refractivity contribution in [2.24, 2.45) is 0 Å². The minimum Gasteiger partial charge on any atom is -0.422 e. The van der Waals surface area contributed by atoms with E-state index in [4.69, 9.17) is 9.47 Å². The van der Waals surface area contributed by atoms with Crippen molar-refractivity contribution in [3.8, 4) is 22.6 Å². The van der Waals surface area contributed by atoms with E-state index < -0.39 is 11.9 Å². The van der Waals surface area contributed by atoms with E-state index in [9.17, 15) is 9.59 Å². The molecule has 0 aliphatic carbocycles. The van der Waals surface area contributed by atoms with Gasteiger partial charge in [0.05, 0.1) is 11.1 Å². The first-order chi connectivity index (χ1) is 15.5. The second-order valence-electron chi connectivity index (χ2n) is 6.79. The van der Waals surface area contributed by atoms with Crippen LogP contribution < -0.4 is 9.47 Å². The van der Waals surface area contributed by atoms with E-state index in [1.54, 1.807) is 48.5 Å². The molecule has 4 aromatic carbocycles. The van der Waals surface area contributed by atoms with Gasteiger partial charge in [0, 0.05) is 18.3 Å². The van der Waals surface area contributed by atoms with Gasteiger partial charge in [-0.25, -0.2) is 9.59 Å². The first kappa shape index (κ1) is 22.5. The molecule has 4 aromatic rings. The van der Waals surface area contributed by atoms with E-state index in [1.807, 2.05) is 48.5 Å². The second kappa shape index (κ2) is 10.3. The topological polar surface area (TPSA) is 52.6 Å². The lowest BCUT2D eigenvalue weighted by atomic mass is 10.0. The smallest absolute Gasteiger partial charge is 0.343 e. The summed E-state index contributed by atoms with van der Waals surface area (Å²) >= 11 is 4.30. The lowest BCUT2D eigenvalue weighted by molar-refractivity contribution is 0.0723. The van der Waals surface area contributed by atoms with Crippen LogP contribution in [0, 0.1) is 7.14 Å².